The van der Waals surface area contributed by atoms with Crippen molar-refractivity contribution in [3.63, 3.8) is 0 Å². The average molecular weight is 405 g/mol. The van der Waals surface area contributed by atoms with E-state index in [-0.39, 0.29) is 23.0 Å². The number of hydrogen-bond acceptors (Lipinski definition) is 3. The predicted molar refractivity (Wildman–Crippen MR) is 117 cm³/mol. The normalized spacial score (nSPS) is 52.9. The molecule has 8 atom stereocenters. The minimum absolute atomic E-state index is 0.0941. The molecular weight excluding hydrogens is 360 g/mol. The second-order valence-corrected chi connectivity index (χ2v) is 12.5. The van der Waals surface area contributed by atoms with E-state index in [2.05, 4.69) is 48.5 Å². The van der Waals surface area contributed by atoms with Crippen molar-refractivity contribution in [2.45, 2.75) is 124 Å². The number of carbonyl (C=O) groups is 1. The SMILES string of the molecule is CC1CC[C@]2(C)CCC[C@]3(C)C(=O)CCC3C(C)[C@H]3OC(C)(C)O[C@@H]3CC2(C)C1. The van der Waals surface area contributed by atoms with Crippen LogP contribution in [0.2, 0.25) is 0 Å². The largest absolute Gasteiger partial charge is 0.345 e. The molecule has 4 rings (SSSR count). The molecule has 0 aromatic rings. The summed E-state index contributed by atoms with van der Waals surface area (Å²) in [5, 5.41) is 0. The van der Waals surface area contributed by atoms with Crippen LogP contribution >= 0.6 is 0 Å². The van der Waals surface area contributed by atoms with E-state index in [0.717, 1.165) is 31.6 Å². The van der Waals surface area contributed by atoms with Gasteiger partial charge < -0.3 is 9.47 Å². The molecule has 4 unspecified atom stereocenters. The van der Waals surface area contributed by atoms with E-state index in [1.165, 1.54) is 32.1 Å². The average Bonchev–Trinajstić information content (AvgIpc) is 3.06. The summed E-state index contributed by atoms with van der Waals surface area (Å²) in [6.07, 6.45) is 10.5. The Hall–Kier alpha value is -0.410. The van der Waals surface area contributed by atoms with E-state index >= 15 is 0 Å². The van der Waals surface area contributed by atoms with Crippen molar-refractivity contribution in [2.24, 2.45) is 34.0 Å². The van der Waals surface area contributed by atoms with Gasteiger partial charge in [0.15, 0.2) is 5.79 Å². The van der Waals surface area contributed by atoms with Crippen molar-refractivity contribution in [1.82, 2.24) is 0 Å². The monoisotopic (exact) mass is 404 g/mol. The minimum atomic E-state index is -0.528. The third kappa shape index (κ3) is 3.53. The van der Waals surface area contributed by atoms with Gasteiger partial charge in [0.2, 0.25) is 0 Å². The molecule has 166 valence electrons. The molecule has 3 aliphatic carbocycles. The van der Waals surface area contributed by atoms with Gasteiger partial charge in [0.05, 0.1) is 12.2 Å². The summed E-state index contributed by atoms with van der Waals surface area (Å²) in [5.41, 5.74) is 0.405. The van der Waals surface area contributed by atoms with Crippen molar-refractivity contribution < 1.29 is 14.3 Å². The fourth-order valence-electron chi connectivity index (χ4n) is 7.99. The third-order valence-electron chi connectivity index (χ3n) is 10.0. The molecular formula is C26H44O3. The molecule has 3 nitrogen and oxygen atoms in total. The Kier molecular flexibility index (Phi) is 5.30. The molecule has 1 heterocycles. The lowest BCUT2D eigenvalue weighted by Gasteiger charge is -2.53. The Morgan fingerprint density at radius 2 is 1.59 bits per heavy atom. The second kappa shape index (κ2) is 7.05. The van der Waals surface area contributed by atoms with Crippen molar-refractivity contribution in [3.8, 4) is 0 Å². The van der Waals surface area contributed by atoms with Crippen molar-refractivity contribution in [1.29, 1.82) is 0 Å². The van der Waals surface area contributed by atoms with Crippen LogP contribution in [0.4, 0.5) is 0 Å². The Bertz CT molecular complexity index is 656. The summed E-state index contributed by atoms with van der Waals surface area (Å²) in [5.74, 6) is 1.52. The molecule has 0 amide bonds. The quantitative estimate of drug-likeness (QED) is 0.460. The third-order valence-corrected chi connectivity index (χ3v) is 10.0. The van der Waals surface area contributed by atoms with E-state index in [1.54, 1.807) is 0 Å². The van der Waals surface area contributed by atoms with Crippen molar-refractivity contribution in [2.75, 3.05) is 0 Å². The maximum atomic E-state index is 13.0. The number of fused-ring (bicyclic) bond motifs is 3. The summed E-state index contributed by atoms with van der Waals surface area (Å²) in [6, 6.07) is 0. The first kappa shape index (κ1) is 21.8. The summed E-state index contributed by atoms with van der Waals surface area (Å²) in [4.78, 5) is 13.0. The zero-order valence-corrected chi connectivity index (χ0v) is 20.0. The van der Waals surface area contributed by atoms with Gasteiger partial charge in [0.1, 0.15) is 5.78 Å². The zero-order chi connectivity index (χ0) is 21.2. The van der Waals surface area contributed by atoms with Crippen LogP contribution in [0.3, 0.4) is 0 Å². The number of ether oxygens (including phenoxy) is 2. The number of rotatable bonds is 0. The number of ketones is 1. The Labute approximate surface area is 178 Å². The van der Waals surface area contributed by atoms with Crippen molar-refractivity contribution in [3.05, 3.63) is 0 Å². The van der Waals surface area contributed by atoms with Gasteiger partial charge in [-0.05, 0) is 81.0 Å². The fraction of sp³-hybridized carbons (Fsp3) is 0.962. The molecule has 3 saturated carbocycles. The van der Waals surface area contributed by atoms with Gasteiger partial charge in [-0.15, -0.1) is 0 Å². The van der Waals surface area contributed by atoms with E-state index in [0.29, 0.717) is 23.0 Å². The van der Waals surface area contributed by atoms with Gasteiger partial charge in [-0.1, -0.05) is 47.5 Å². The van der Waals surface area contributed by atoms with Crippen LogP contribution in [0.1, 0.15) is 106 Å². The minimum Gasteiger partial charge on any atom is -0.345 e. The van der Waals surface area contributed by atoms with Gasteiger partial charge >= 0.3 is 0 Å². The molecule has 29 heavy (non-hydrogen) atoms. The molecule has 1 aliphatic heterocycles. The number of carbonyl (C=O) groups excluding carboxylic acids is 1. The molecule has 4 fully saturated rings. The molecule has 3 heteroatoms. The van der Waals surface area contributed by atoms with Gasteiger partial charge in [0, 0.05) is 11.8 Å². The van der Waals surface area contributed by atoms with Crippen LogP contribution < -0.4 is 0 Å². The summed E-state index contributed by atoms with van der Waals surface area (Å²) >= 11 is 0. The number of hydrogen-bond donors (Lipinski definition) is 0. The van der Waals surface area contributed by atoms with Gasteiger partial charge in [0.25, 0.3) is 0 Å². The van der Waals surface area contributed by atoms with E-state index in [9.17, 15) is 4.79 Å². The smallest absolute Gasteiger partial charge is 0.163 e. The molecule has 0 bridgehead atoms. The standard InChI is InChI=1S/C26H44O3/c1-17-11-14-24(5)12-8-13-26(7)19(9-10-21(26)27)18(2)22-20(16-25(24,6)15-17)28-23(3,4)29-22/h17-20,22H,8-16H2,1-7H3/t17?,18?,19?,20-,22-,24+,25?,26+/m1/s1. The molecule has 4 aliphatic rings. The maximum Gasteiger partial charge on any atom is 0.163 e. The highest BCUT2D eigenvalue weighted by Crippen LogP contribution is 2.60. The van der Waals surface area contributed by atoms with Crippen LogP contribution in [-0.2, 0) is 14.3 Å². The first-order valence-electron chi connectivity index (χ1n) is 12.3. The molecule has 0 spiro atoms. The number of Topliss-reactive ketones (excluding diaryl/α,β-unsaturated/α-hetero) is 1. The summed E-state index contributed by atoms with van der Waals surface area (Å²) in [7, 11) is 0. The second-order valence-electron chi connectivity index (χ2n) is 12.5. The summed E-state index contributed by atoms with van der Waals surface area (Å²) < 4.78 is 13.2. The highest BCUT2D eigenvalue weighted by molar-refractivity contribution is 5.87. The predicted octanol–water partition coefficient (Wildman–Crippen LogP) is 6.53. The highest BCUT2D eigenvalue weighted by atomic mass is 16.8. The highest BCUT2D eigenvalue weighted by Gasteiger charge is 2.57. The summed E-state index contributed by atoms with van der Waals surface area (Å²) in [6.45, 7) is 16.2. The van der Waals surface area contributed by atoms with Gasteiger partial charge in [-0.2, -0.15) is 0 Å². The molecule has 0 aromatic carbocycles. The van der Waals surface area contributed by atoms with Crippen LogP contribution in [0.25, 0.3) is 0 Å². The van der Waals surface area contributed by atoms with Crippen LogP contribution in [0, 0.1) is 34.0 Å². The molecule has 1 saturated heterocycles. The molecule has 0 N–H and O–H groups in total. The Balaban J connectivity index is 1.74. The lowest BCUT2D eigenvalue weighted by Crippen LogP contribution is -2.47. The first-order valence-corrected chi connectivity index (χ1v) is 12.3. The lowest BCUT2D eigenvalue weighted by molar-refractivity contribution is -0.158. The molecule has 0 radical (unpaired) electrons. The van der Waals surface area contributed by atoms with Crippen LogP contribution in [-0.4, -0.2) is 23.8 Å². The van der Waals surface area contributed by atoms with Gasteiger partial charge in [-0.25, -0.2) is 0 Å². The zero-order valence-electron chi connectivity index (χ0n) is 20.0. The van der Waals surface area contributed by atoms with Crippen LogP contribution in [0.5, 0.6) is 0 Å². The van der Waals surface area contributed by atoms with E-state index in [4.69, 9.17) is 9.47 Å². The molecule has 0 aromatic heterocycles. The first-order chi connectivity index (χ1) is 13.4. The Morgan fingerprint density at radius 3 is 2.31 bits per heavy atom. The van der Waals surface area contributed by atoms with E-state index in [1.807, 2.05) is 0 Å². The van der Waals surface area contributed by atoms with Gasteiger partial charge in [-0.3, -0.25) is 4.79 Å². The lowest BCUT2D eigenvalue weighted by atomic mass is 9.52. The fourth-order valence-corrected chi connectivity index (χ4v) is 7.99. The Morgan fingerprint density at radius 1 is 0.862 bits per heavy atom. The maximum absolute atomic E-state index is 13.0. The van der Waals surface area contributed by atoms with Crippen LogP contribution in [0.15, 0.2) is 0 Å². The van der Waals surface area contributed by atoms with Crippen molar-refractivity contribution >= 4 is 5.78 Å². The van der Waals surface area contributed by atoms with E-state index < -0.39 is 5.79 Å². The topological polar surface area (TPSA) is 35.5 Å².